The van der Waals surface area contributed by atoms with Crippen LogP contribution in [0.1, 0.15) is 17.3 Å². The molecule has 0 fully saturated rings. The number of halogens is 1. The number of hydrogen-bond donors (Lipinski definition) is 2. The first-order chi connectivity index (χ1) is 9.58. The van der Waals surface area contributed by atoms with Crippen LogP contribution in [0, 0.1) is 0 Å². The molecule has 5 nitrogen and oxygen atoms in total. The molecule has 0 unspecified atom stereocenters. The third-order valence-corrected chi connectivity index (χ3v) is 3.56. The van der Waals surface area contributed by atoms with Crippen LogP contribution in [0.2, 0.25) is 0 Å². The zero-order valence-electron chi connectivity index (χ0n) is 11.0. The number of carbonyl (C=O) groups is 1. The van der Waals surface area contributed by atoms with Gasteiger partial charge in [-0.3, -0.25) is 9.78 Å². The van der Waals surface area contributed by atoms with Crippen molar-refractivity contribution in [3.63, 3.8) is 0 Å². The van der Waals surface area contributed by atoms with Crippen molar-refractivity contribution >= 4 is 32.7 Å². The first kappa shape index (κ1) is 14.7. The van der Waals surface area contributed by atoms with Gasteiger partial charge in [0.15, 0.2) is 0 Å². The molecule has 1 aromatic carbocycles. The number of benzene rings is 1. The highest BCUT2D eigenvalue weighted by molar-refractivity contribution is 9.10. The van der Waals surface area contributed by atoms with Crippen molar-refractivity contribution in [3.8, 4) is 5.75 Å². The SMILES string of the molecule is CCN(CCO)C(=O)c1c(O)cnc2ccc(Br)cc12. The van der Waals surface area contributed by atoms with E-state index in [-0.39, 0.29) is 30.4 Å². The summed E-state index contributed by atoms with van der Waals surface area (Å²) in [4.78, 5) is 18.1. The third kappa shape index (κ3) is 2.76. The second-order valence-corrected chi connectivity index (χ2v) is 5.20. The molecule has 6 heteroatoms. The minimum Gasteiger partial charge on any atom is -0.505 e. The maximum Gasteiger partial charge on any atom is 0.258 e. The van der Waals surface area contributed by atoms with Crippen molar-refractivity contribution in [3.05, 3.63) is 34.4 Å². The second kappa shape index (κ2) is 6.19. The lowest BCUT2D eigenvalue weighted by molar-refractivity contribution is 0.0731. The summed E-state index contributed by atoms with van der Waals surface area (Å²) in [5, 5.41) is 19.6. The van der Waals surface area contributed by atoms with Crippen molar-refractivity contribution in [1.82, 2.24) is 9.88 Å². The molecular weight excluding hydrogens is 324 g/mol. The number of aromatic hydroxyl groups is 1. The van der Waals surface area contributed by atoms with Gasteiger partial charge in [-0.25, -0.2) is 0 Å². The minimum atomic E-state index is -0.315. The predicted molar refractivity (Wildman–Crippen MR) is 79.8 cm³/mol. The van der Waals surface area contributed by atoms with E-state index in [0.29, 0.717) is 17.4 Å². The fourth-order valence-corrected chi connectivity index (χ4v) is 2.42. The lowest BCUT2D eigenvalue weighted by Crippen LogP contribution is -2.33. The molecule has 0 radical (unpaired) electrons. The second-order valence-electron chi connectivity index (χ2n) is 4.29. The summed E-state index contributed by atoms with van der Waals surface area (Å²) in [5.74, 6) is -0.471. The number of rotatable bonds is 4. The van der Waals surface area contributed by atoms with Gasteiger partial charge in [-0.2, -0.15) is 0 Å². The Kier molecular flexibility index (Phi) is 4.57. The van der Waals surface area contributed by atoms with E-state index in [2.05, 4.69) is 20.9 Å². The number of nitrogens with zero attached hydrogens (tertiary/aromatic N) is 2. The number of aliphatic hydroxyl groups excluding tert-OH is 1. The highest BCUT2D eigenvalue weighted by Gasteiger charge is 2.21. The molecule has 1 amide bonds. The normalized spacial score (nSPS) is 10.8. The third-order valence-electron chi connectivity index (χ3n) is 3.06. The van der Waals surface area contributed by atoms with Crippen molar-refractivity contribution in [2.75, 3.05) is 19.7 Å². The summed E-state index contributed by atoms with van der Waals surface area (Å²) < 4.78 is 0.802. The van der Waals surface area contributed by atoms with E-state index >= 15 is 0 Å². The van der Waals surface area contributed by atoms with Crippen LogP contribution in [0.5, 0.6) is 5.75 Å². The summed E-state index contributed by atoms with van der Waals surface area (Å²) in [5.41, 5.74) is 0.848. The number of amides is 1. The van der Waals surface area contributed by atoms with Crippen molar-refractivity contribution in [2.45, 2.75) is 6.92 Å². The standard InChI is InChI=1S/C14H15BrN2O3/c1-2-17(5-6-18)14(20)13-10-7-9(15)3-4-11(10)16-8-12(13)19/h3-4,7-8,18-19H,2,5-6H2,1H3. The Hall–Kier alpha value is -1.66. The zero-order valence-corrected chi connectivity index (χ0v) is 12.6. The van der Waals surface area contributed by atoms with Crippen LogP contribution >= 0.6 is 15.9 Å². The molecule has 20 heavy (non-hydrogen) atoms. The van der Waals surface area contributed by atoms with Gasteiger partial charge in [-0.1, -0.05) is 15.9 Å². The number of aliphatic hydroxyl groups is 1. The number of likely N-dealkylation sites (N-methyl/N-ethyl adjacent to an activating group) is 1. The number of aromatic nitrogens is 1. The van der Waals surface area contributed by atoms with Crippen molar-refractivity contribution < 1.29 is 15.0 Å². The summed E-state index contributed by atoms with van der Waals surface area (Å²) in [6.07, 6.45) is 1.27. The fraction of sp³-hybridized carbons (Fsp3) is 0.286. The fourth-order valence-electron chi connectivity index (χ4n) is 2.06. The Balaban J connectivity index is 2.59. The molecule has 2 N–H and O–H groups in total. The van der Waals surface area contributed by atoms with Gasteiger partial charge in [0, 0.05) is 22.9 Å². The molecule has 0 atom stereocenters. The van der Waals surface area contributed by atoms with Gasteiger partial charge in [0.2, 0.25) is 0 Å². The van der Waals surface area contributed by atoms with Gasteiger partial charge < -0.3 is 15.1 Å². The summed E-state index contributed by atoms with van der Waals surface area (Å²) in [6.45, 7) is 2.39. The van der Waals surface area contributed by atoms with E-state index in [1.165, 1.54) is 11.1 Å². The Morgan fingerprint density at radius 1 is 1.45 bits per heavy atom. The van der Waals surface area contributed by atoms with E-state index in [0.717, 1.165) is 4.47 Å². The molecule has 1 heterocycles. The van der Waals surface area contributed by atoms with Gasteiger partial charge in [0.1, 0.15) is 5.75 Å². The molecule has 1 aromatic heterocycles. The molecule has 0 saturated heterocycles. The summed E-state index contributed by atoms with van der Waals surface area (Å²) >= 11 is 3.35. The van der Waals surface area contributed by atoms with E-state index in [4.69, 9.17) is 5.11 Å². The van der Waals surface area contributed by atoms with Crippen LogP contribution in [0.3, 0.4) is 0 Å². The van der Waals surface area contributed by atoms with Crippen molar-refractivity contribution in [1.29, 1.82) is 0 Å². The van der Waals surface area contributed by atoms with E-state index in [1.807, 2.05) is 13.0 Å². The van der Waals surface area contributed by atoms with Gasteiger partial charge in [-0.05, 0) is 25.1 Å². The summed E-state index contributed by atoms with van der Waals surface area (Å²) in [7, 11) is 0. The average molecular weight is 339 g/mol. The number of pyridine rings is 1. The predicted octanol–water partition coefficient (Wildman–Crippen LogP) is 2.16. The molecule has 0 bridgehead atoms. The highest BCUT2D eigenvalue weighted by atomic mass is 79.9. The average Bonchev–Trinajstić information content (AvgIpc) is 2.43. The molecule has 106 valence electrons. The molecular formula is C14H15BrN2O3. The van der Waals surface area contributed by atoms with Crippen LogP contribution < -0.4 is 0 Å². The van der Waals surface area contributed by atoms with Crippen LogP contribution in [-0.2, 0) is 0 Å². The molecule has 0 aliphatic rings. The van der Waals surface area contributed by atoms with Gasteiger partial charge in [-0.15, -0.1) is 0 Å². The molecule has 2 aromatic rings. The Morgan fingerprint density at radius 2 is 2.20 bits per heavy atom. The lowest BCUT2D eigenvalue weighted by Gasteiger charge is -2.21. The van der Waals surface area contributed by atoms with Crippen LogP contribution in [-0.4, -0.2) is 45.7 Å². The van der Waals surface area contributed by atoms with Crippen molar-refractivity contribution in [2.24, 2.45) is 0 Å². The monoisotopic (exact) mass is 338 g/mol. The molecule has 0 spiro atoms. The molecule has 0 aliphatic carbocycles. The lowest BCUT2D eigenvalue weighted by atomic mass is 10.1. The Morgan fingerprint density at radius 3 is 2.85 bits per heavy atom. The topological polar surface area (TPSA) is 73.7 Å². The smallest absolute Gasteiger partial charge is 0.258 e. The first-order valence-corrected chi connectivity index (χ1v) is 7.05. The Labute approximate surface area is 125 Å². The van der Waals surface area contributed by atoms with Crippen LogP contribution in [0.4, 0.5) is 0 Å². The van der Waals surface area contributed by atoms with E-state index < -0.39 is 0 Å². The number of carbonyl (C=O) groups excluding carboxylic acids is 1. The largest absolute Gasteiger partial charge is 0.505 e. The maximum atomic E-state index is 12.5. The summed E-state index contributed by atoms with van der Waals surface area (Å²) in [6, 6.07) is 5.35. The molecule has 0 saturated carbocycles. The number of fused-ring (bicyclic) bond motifs is 1. The molecule has 2 rings (SSSR count). The van der Waals surface area contributed by atoms with E-state index in [1.54, 1.807) is 12.1 Å². The molecule has 0 aliphatic heterocycles. The van der Waals surface area contributed by atoms with Crippen LogP contribution in [0.25, 0.3) is 10.9 Å². The van der Waals surface area contributed by atoms with Gasteiger partial charge in [0.05, 0.1) is 23.9 Å². The van der Waals surface area contributed by atoms with Gasteiger partial charge >= 0.3 is 0 Å². The van der Waals surface area contributed by atoms with Crippen LogP contribution in [0.15, 0.2) is 28.9 Å². The number of hydrogen-bond acceptors (Lipinski definition) is 4. The maximum absolute atomic E-state index is 12.5. The van der Waals surface area contributed by atoms with E-state index in [9.17, 15) is 9.90 Å². The zero-order chi connectivity index (χ0) is 14.7. The van der Waals surface area contributed by atoms with Gasteiger partial charge in [0.25, 0.3) is 5.91 Å². The Bertz CT molecular complexity index is 640. The first-order valence-electron chi connectivity index (χ1n) is 6.25. The quantitative estimate of drug-likeness (QED) is 0.895. The minimum absolute atomic E-state index is 0.118. The highest BCUT2D eigenvalue weighted by Crippen LogP contribution is 2.28.